The molecule has 3 rings (SSSR count). The second-order valence-electron chi connectivity index (χ2n) is 6.78. The second kappa shape index (κ2) is 6.57. The molecule has 0 spiro atoms. The predicted octanol–water partition coefficient (Wildman–Crippen LogP) is 2.67. The molecular formula is C16H21F2N5O2S. The third-order valence-electron chi connectivity index (χ3n) is 4.34. The van der Waals surface area contributed by atoms with Gasteiger partial charge < -0.3 is 5.32 Å². The van der Waals surface area contributed by atoms with Gasteiger partial charge in [0.15, 0.2) is 14.9 Å². The van der Waals surface area contributed by atoms with Gasteiger partial charge in [-0.15, -0.1) is 0 Å². The van der Waals surface area contributed by atoms with Gasteiger partial charge in [-0.1, -0.05) is 0 Å². The molecule has 1 saturated carbocycles. The van der Waals surface area contributed by atoms with E-state index in [-0.39, 0.29) is 35.7 Å². The van der Waals surface area contributed by atoms with Gasteiger partial charge in [-0.05, 0) is 32.8 Å². The summed E-state index contributed by atoms with van der Waals surface area (Å²) in [4.78, 5) is 8.45. The van der Waals surface area contributed by atoms with E-state index in [0.717, 1.165) is 17.6 Å². The third kappa shape index (κ3) is 4.17. The molecule has 1 N–H and O–H groups in total. The van der Waals surface area contributed by atoms with Gasteiger partial charge in [-0.2, -0.15) is 15.1 Å². The van der Waals surface area contributed by atoms with Gasteiger partial charge in [0.1, 0.15) is 5.82 Å². The van der Waals surface area contributed by atoms with Crippen molar-refractivity contribution in [3.8, 4) is 5.95 Å². The van der Waals surface area contributed by atoms with Gasteiger partial charge in [0.2, 0.25) is 5.92 Å². The SMILES string of the molecule is Cc1cc(C)n(-c2nc(NC3CCC(F)(F)CC3)cc(S(C)(=O)=O)n2)n1. The lowest BCUT2D eigenvalue weighted by Crippen LogP contribution is -2.32. The Labute approximate surface area is 150 Å². The van der Waals surface area contributed by atoms with Crippen LogP contribution in [0.2, 0.25) is 0 Å². The zero-order chi connectivity index (χ0) is 19.1. The van der Waals surface area contributed by atoms with Crippen LogP contribution < -0.4 is 5.32 Å². The van der Waals surface area contributed by atoms with Crippen LogP contribution in [0.1, 0.15) is 37.1 Å². The number of nitrogens with one attached hydrogen (secondary N) is 1. The molecule has 7 nitrogen and oxygen atoms in total. The summed E-state index contributed by atoms with van der Waals surface area (Å²) >= 11 is 0. The monoisotopic (exact) mass is 385 g/mol. The smallest absolute Gasteiger partial charge is 0.253 e. The van der Waals surface area contributed by atoms with Crippen LogP contribution >= 0.6 is 0 Å². The van der Waals surface area contributed by atoms with Crippen molar-refractivity contribution in [3.05, 3.63) is 23.5 Å². The van der Waals surface area contributed by atoms with Crippen LogP contribution in [-0.4, -0.2) is 46.4 Å². The highest BCUT2D eigenvalue weighted by molar-refractivity contribution is 7.90. The summed E-state index contributed by atoms with van der Waals surface area (Å²) in [6, 6.07) is 2.97. The Morgan fingerprint density at radius 1 is 1.19 bits per heavy atom. The Balaban J connectivity index is 1.95. The van der Waals surface area contributed by atoms with Gasteiger partial charge in [0.05, 0.1) is 5.69 Å². The van der Waals surface area contributed by atoms with Gasteiger partial charge in [0.25, 0.3) is 5.95 Å². The van der Waals surface area contributed by atoms with E-state index in [1.165, 1.54) is 10.7 Å². The first-order chi connectivity index (χ1) is 12.0. The number of hydrogen-bond acceptors (Lipinski definition) is 6. The number of alkyl halides is 2. The van der Waals surface area contributed by atoms with Crippen molar-refractivity contribution in [1.82, 2.24) is 19.7 Å². The van der Waals surface area contributed by atoms with Gasteiger partial charge in [-0.25, -0.2) is 21.9 Å². The molecule has 1 aliphatic rings. The first kappa shape index (κ1) is 18.7. The van der Waals surface area contributed by atoms with Crippen molar-refractivity contribution in [2.45, 2.75) is 56.5 Å². The molecule has 0 aromatic carbocycles. The van der Waals surface area contributed by atoms with Crippen molar-refractivity contribution in [1.29, 1.82) is 0 Å². The predicted molar refractivity (Wildman–Crippen MR) is 92.6 cm³/mol. The van der Waals surface area contributed by atoms with E-state index in [4.69, 9.17) is 0 Å². The molecule has 2 aromatic heterocycles. The zero-order valence-electron chi connectivity index (χ0n) is 14.8. The normalized spacial score (nSPS) is 18.0. The first-order valence-electron chi connectivity index (χ1n) is 8.31. The molecule has 0 aliphatic heterocycles. The second-order valence-corrected chi connectivity index (χ2v) is 8.74. The molecule has 26 heavy (non-hydrogen) atoms. The van der Waals surface area contributed by atoms with E-state index in [1.54, 1.807) is 0 Å². The number of halogens is 2. The highest BCUT2D eigenvalue weighted by atomic mass is 32.2. The molecule has 0 amide bonds. The summed E-state index contributed by atoms with van der Waals surface area (Å²) in [6.45, 7) is 3.62. The van der Waals surface area contributed by atoms with Crippen LogP contribution in [0.5, 0.6) is 0 Å². The number of hydrogen-bond donors (Lipinski definition) is 1. The average Bonchev–Trinajstić information content (AvgIpc) is 2.87. The molecule has 1 aliphatic carbocycles. The van der Waals surface area contributed by atoms with Crippen LogP contribution in [0, 0.1) is 13.8 Å². The first-order valence-corrected chi connectivity index (χ1v) is 10.2. The maximum Gasteiger partial charge on any atom is 0.253 e. The van der Waals surface area contributed by atoms with Crippen LogP contribution in [0.3, 0.4) is 0 Å². The molecule has 2 aromatic rings. The fourth-order valence-electron chi connectivity index (χ4n) is 3.00. The van der Waals surface area contributed by atoms with E-state index in [0.29, 0.717) is 12.8 Å². The zero-order valence-corrected chi connectivity index (χ0v) is 15.6. The molecule has 0 bridgehead atoms. The van der Waals surface area contributed by atoms with E-state index >= 15 is 0 Å². The quantitative estimate of drug-likeness (QED) is 0.814. The van der Waals surface area contributed by atoms with Gasteiger partial charge >= 0.3 is 0 Å². The number of sulfone groups is 1. The minimum absolute atomic E-state index is 0.127. The van der Waals surface area contributed by atoms with Crippen molar-refractivity contribution in [2.75, 3.05) is 11.6 Å². The van der Waals surface area contributed by atoms with E-state index in [9.17, 15) is 17.2 Å². The Morgan fingerprint density at radius 2 is 1.85 bits per heavy atom. The summed E-state index contributed by atoms with van der Waals surface area (Å²) in [5.74, 6) is -2.21. The fourth-order valence-corrected chi connectivity index (χ4v) is 3.57. The minimum Gasteiger partial charge on any atom is -0.367 e. The van der Waals surface area contributed by atoms with Crippen molar-refractivity contribution >= 4 is 15.7 Å². The number of anilines is 1. The molecule has 0 saturated heterocycles. The van der Waals surface area contributed by atoms with Crippen LogP contribution in [-0.2, 0) is 9.84 Å². The van der Waals surface area contributed by atoms with Crippen LogP contribution in [0.25, 0.3) is 5.95 Å². The summed E-state index contributed by atoms with van der Waals surface area (Å²) in [5, 5.41) is 7.22. The highest BCUT2D eigenvalue weighted by Gasteiger charge is 2.35. The Morgan fingerprint density at radius 3 is 2.38 bits per heavy atom. The number of aryl methyl sites for hydroxylation is 2. The van der Waals surface area contributed by atoms with Crippen molar-refractivity contribution < 1.29 is 17.2 Å². The molecular weight excluding hydrogens is 364 g/mol. The standard InChI is InChI=1S/C16H21F2N5O2S/c1-10-8-11(2)23(22-10)15-20-13(9-14(21-15)26(3,24)25)19-12-4-6-16(17,18)7-5-12/h8-9,12H,4-7H2,1-3H3,(H,19,20,21). The molecule has 2 heterocycles. The molecule has 0 radical (unpaired) electrons. The lowest BCUT2D eigenvalue weighted by molar-refractivity contribution is -0.0361. The van der Waals surface area contributed by atoms with Gasteiger partial charge in [-0.3, -0.25) is 0 Å². The summed E-state index contributed by atoms with van der Waals surface area (Å²) < 4.78 is 52.1. The maximum atomic E-state index is 13.3. The number of nitrogens with zero attached hydrogens (tertiary/aromatic N) is 4. The molecule has 0 atom stereocenters. The molecule has 1 fully saturated rings. The Hall–Kier alpha value is -2.10. The molecule has 0 unspecified atom stereocenters. The summed E-state index contributed by atoms with van der Waals surface area (Å²) in [5.41, 5.74) is 1.51. The lowest BCUT2D eigenvalue weighted by Gasteiger charge is -2.29. The lowest BCUT2D eigenvalue weighted by atomic mass is 9.92. The largest absolute Gasteiger partial charge is 0.367 e. The van der Waals surface area contributed by atoms with Crippen molar-refractivity contribution in [3.63, 3.8) is 0 Å². The van der Waals surface area contributed by atoms with Gasteiger partial charge in [0, 0.05) is 36.9 Å². The molecule has 142 valence electrons. The van der Waals surface area contributed by atoms with Crippen LogP contribution in [0.4, 0.5) is 14.6 Å². The maximum absolute atomic E-state index is 13.3. The Kier molecular flexibility index (Phi) is 4.72. The fraction of sp³-hybridized carbons (Fsp3) is 0.562. The van der Waals surface area contributed by atoms with E-state index in [2.05, 4.69) is 20.4 Å². The summed E-state index contributed by atoms with van der Waals surface area (Å²) in [6.07, 6.45) is 1.25. The van der Waals surface area contributed by atoms with Crippen molar-refractivity contribution in [2.24, 2.45) is 0 Å². The summed E-state index contributed by atoms with van der Waals surface area (Å²) in [7, 11) is -3.57. The third-order valence-corrected chi connectivity index (χ3v) is 5.31. The molecule has 10 heteroatoms. The van der Waals surface area contributed by atoms with Crippen LogP contribution in [0.15, 0.2) is 17.2 Å². The van der Waals surface area contributed by atoms with E-state index < -0.39 is 15.8 Å². The Bertz CT molecular complexity index is 917. The topological polar surface area (TPSA) is 89.8 Å². The highest BCUT2D eigenvalue weighted by Crippen LogP contribution is 2.34. The number of aromatic nitrogens is 4. The average molecular weight is 385 g/mol. The minimum atomic E-state index is -3.57. The number of rotatable bonds is 4. The van der Waals surface area contributed by atoms with E-state index in [1.807, 2.05) is 19.9 Å².